The van der Waals surface area contributed by atoms with Crippen LogP contribution in [-0.2, 0) is 6.54 Å². The van der Waals surface area contributed by atoms with E-state index < -0.39 is 0 Å². The van der Waals surface area contributed by atoms with Crippen LogP contribution in [-0.4, -0.2) is 16.7 Å². The van der Waals surface area contributed by atoms with E-state index in [1.165, 1.54) is 11.1 Å². The van der Waals surface area contributed by atoms with Crippen LogP contribution < -0.4 is 5.32 Å². The van der Waals surface area contributed by atoms with Crippen LogP contribution in [0.5, 0.6) is 0 Å². The van der Waals surface area contributed by atoms with Gasteiger partial charge in [0.2, 0.25) is 5.89 Å². The van der Waals surface area contributed by atoms with Crippen LogP contribution in [0.3, 0.4) is 0 Å². The van der Waals surface area contributed by atoms with Gasteiger partial charge in [0.05, 0.1) is 5.92 Å². The van der Waals surface area contributed by atoms with Crippen molar-refractivity contribution in [2.45, 2.75) is 19.4 Å². The van der Waals surface area contributed by atoms with Crippen LogP contribution in [0.4, 0.5) is 0 Å². The van der Waals surface area contributed by atoms with Gasteiger partial charge in [0.1, 0.15) is 0 Å². The van der Waals surface area contributed by atoms with Crippen LogP contribution in [0, 0.1) is 6.92 Å². The standard InChI is InChI=1S/C12H13N3O/c1-8-14-12(16-15-8)11-7-13-6-9-4-2-3-5-10(9)11/h2-5,11,13H,6-7H2,1H3. The number of aromatic nitrogens is 2. The van der Waals surface area contributed by atoms with Crippen molar-refractivity contribution in [1.29, 1.82) is 0 Å². The highest BCUT2D eigenvalue weighted by Crippen LogP contribution is 2.28. The van der Waals surface area contributed by atoms with Crippen LogP contribution in [0.1, 0.15) is 28.8 Å². The molecule has 0 spiro atoms. The first-order valence-electron chi connectivity index (χ1n) is 5.43. The lowest BCUT2D eigenvalue weighted by atomic mass is 9.91. The van der Waals surface area contributed by atoms with Crippen molar-refractivity contribution >= 4 is 0 Å². The Bertz CT molecular complexity index is 506. The highest BCUT2D eigenvalue weighted by Gasteiger charge is 2.25. The summed E-state index contributed by atoms with van der Waals surface area (Å²) in [7, 11) is 0. The number of fused-ring (bicyclic) bond motifs is 1. The molecule has 0 bridgehead atoms. The van der Waals surface area contributed by atoms with Gasteiger partial charge < -0.3 is 9.84 Å². The number of nitrogens with zero attached hydrogens (tertiary/aromatic N) is 2. The zero-order chi connectivity index (χ0) is 11.0. The fraction of sp³-hybridized carbons (Fsp3) is 0.333. The van der Waals surface area contributed by atoms with Gasteiger partial charge in [0.25, 0.3) is 0 Å². The van der Waals surface area contributed by atoms with Crippen molar-refractivity contribution in [3.63, 3.8) is 0 Å². The molecule has 0 saturated carbocycles. The summed E-state index contributed by atoms with van der Waals surface area (Å²) in [6, 6.07) is 8.39. The van der Waals surface area contributed by atoms with Crippen molar-refractivity contribution < 1.29 is 4.52 Å². The predicted octanol–water partition coefficient (Wildman–Crippen LogP) is 1.61. The van der Waals surface area contributed by atoms with Gasteiger partial charge in [0.15, 0.2) is 5.82 Å². The van der Waals surface area contributed by atoms with Gasteiger partial charge in [-0.2, -0.15) is 4.98 Å². The monoisotopic (exact) mass is 215 g/mol. The third-order valence-corrected chi connectivity index (χ3v) is 2.94. The summed E-state index contributed by atoms with van der Waals surface area (Å²) in [6.45, 7) is 3.62. The first-order chi connectivity index (χ1) is 7.84. The first-order valence-corrected chi connectivity index (χ1v) is 5.43. The third-order valence-electron chi connectivity index (χ3n) is 2.94. The number of aryl methyl sites for hydroxylation is 1. The van der Waals surface area contributed by atoms with Crippen molar-refractivity contribution in [1.82, 2.24) is 15.5 Å². The molecule has 0 aliphatic carbocycles. The van der Waals surface area contributed by atoms with Crippen LogP contribution >= 0.6 is 0 Å². The smallest absolute Gasteiger partial charge is 0.235 e. The molecule has 4 nitrogen and oxygen atoms in total. The average molecular weight is 215 g/mol. The molecule has 1 aromatic carbocycles. The molecule has 0 fully saturated rings. The van der Waals surface area contributed by atoms with E-state index >= 15 is 0 Å². The van der Waals surface area contributed by atoms with E-state index in [4.69, 9.17) is 4.52 Å². The summed E-state index contributed by atoms with van der Waals surface area (Å²) in [6.07, 6.45) is 0. The van der Waals surface area contributed by atoms with Gasteiger partial charge in [-0.05, 0) is 18.1 Å². The van der Waals surface area contributed by atoms with E-state index in [1.807, 2.05) is 6.92 Å². The Balaban J connectivity index is 2.04. The summed E-state index contributed by atoms with van der Waals surface area (Å²) in [5, 5.41) is 7.22. The second-order valence-electron chi connectivity index (χ2n) is 4.06. The predicted molar refractivity (Wildman–Crippen MR) is 59.0 cm³/mol. The van der Waals surface area contributed by atoms with Gasteiger partial charge in [-0.25, -0.2) is 0 Å². The molecule has 1 N–H and O–H groups in total. The molecule has 0 radical (unpaired) electrons. The largest absolute Gasteiger partial charge is 0.339 e. The normalized spacial score (nSPS) is 19.4. The SMILES string of the molecule is Cc1noc(C2CNCc3ccccc32)n1. The lowest BCUT2D eigenvalue weighted by Gasteiger charge is -2.23. The zero-order valence-corrected chi connectivity index (χ0v) is 9.10. The number of hydrogen-bond acceptors (Lipinski definition) is 4. The summed E-state index contributed by atoms with van der Waals surface area (Å²) in [5.41, 5.74) is 2.61. The molecule has 3 rings (SSSR count). The van der Waals surface area contributed by atoms with Gasteiger partial charge in [-0.1, -0.05) is 29.4 Å². The number of nitrogens with one attached hydrogen (secondary N) is 1. The van der Waals surface area contributed by atoms with E-state index in [1.54, 1.807) is 0 Å². The van der Waals surface area contributed by atoms with Crippen LogP contribution in [0.2, 0.25) is 0 Å². The zero-order valence-electron chi connectivity index (χ0n) is 9.10. The van der Waals surface area contributed by atoms with Crippen molar-refractivity contribution in [3.05, 3.63) is 47.1 Å². The molecule has 1 aliphatic rings. The Morgan fingerprint density at radius 2 is 2.25 bits per heavy atom. The van der Waals surface area contributed by atoms with Crippen molar-refractivity contribution in [2.24, 2.45) is 0 Å². The summed E-state index contributed by atoms with van der Waals surface area (Å²) in [4.78, 5) is 4.32. The van der Waals surface area contributed by atoms with Gasteiger partial charge in [0, 0.05) is 13.1 Å². The third kappa shape index (κ3) is 1.51. The van der Waals surface area contributed by atoms with E-state index in [0.29, 0.717) is 11.7 Å². The molecular formula is C12H13N3O. The van der Waals surface area contributed by atoms with E-state index in [-0.39, 0.29) is 5.92 Å². The fourth-order valence-electron chi connectivity index (χ4n) is 2.17. The maximum absolute atomic E-state index is 5.26. The quantitative estimate of drug-likeness (QED) is 0.785. The molecule has 1 atom stereocenters. The molecule has 0 saturated heterocycles. The van der Waals surface area contributed by atoms with Crippen molar-refractivity contribution in [2.75, 3.05) is 6.54 Å². The Kier molecular flexibility index (Phi) is 2.22. The van der Waals surface area contributed by atoms with E-state index in [0.717, 1.165) is 13.1 Å². The second-order valence-corrected chi connectivity index (χ2v) is 4.06. The minimum atomic E-state index is 0.186. The molecular weight excluding hydrogens is 202 g/mol. The molecule has 4 heteroatoms. The molecule has 82 valence electrons. The lowest BCUT2D eigenvalue weighted by molar-refractivity contribution is 0.353. The first kappa shape index (κ1) is 9.54. The molecule has 1 aromatic heterocycles. The van der Waals surface area contributed by atoms with Crippen molar-refractivity contribution in [3.8, 4) is 0 Å². The highest BCUT2D eigenvalue weighted by atomic mass is 16.5. The van der Waals surface area contributed by atoms with Gasteiger partial charge in [-0.3, -0.25) is 0 Å². The molecule has 16 heavy (non-hydrogen) atoms. The van der Waals surface area contributed by atoms with E-state index in [9.17, 15) is 0 Å². The maximum Gasteiger partial charge on any atom is 0.235 e. The highest BCUT2D eigenvalue weighted by molar-refractivity contribution is 5.35. The molecule has 2 aromatic rings. The fourth-order valence-corrected chi connectivity index (χ4v) is 2.17. The molecule has 0 amide bonds. The molecule has 1 unspecified atom stereocenters. The van der Waals surface area contributed by atoms with Gasteiger partial charge in [-0.15, -0.1) is 0 Å². The van der Waals surface area contributed by atoms with Gasteiger partial charge >= 0.3 is 0 Å². The Morgan fingerprint density at radius 1 is 1.38 bits per heavy atom. The number of hydrogen-bond donors (Lipinski definition) is 1. The Morgan fingerprint density at radius 3 is 3.06 bits per heavy atom. The minimum absolute atomic E-state index is 0.186. The second kappa shape index (κ2) is 3.72. The molecule has 1 aliphatic heterocycles. The summed E-state index contributed by atoms with van der Waals surface area (Å²) in [5.74, 6) is 1.58. The summed E-state index contributed by atoms with van der Waals surface area (Å²) < 4.78 is 5.26. The topological polar surface area (TPSA) is 51.0 Å². The summed E-state index contributed by atoms with van der Waals surface area (Å²) >= 11 is 0. The molecule has 2 heterocycles. The minimum Gasteiger partial charge on any atom is -0.339 e. The lowest BCUT2D eigenvalue weighted by Crippen LogP contribution is -2.28. The average Bonchev–Trinajstić information content (AvgIpc) is 2.75. The Labute approximate surface area is 93.7 Å². The number of benzene rings is 1. The van der Waals surface area contributed by atoms with E-state index in [2.05, 4.69) is 39.7 Å². The number of rotatable bonds is 1. The van der Waals surface area contributed by atoms with Crippen LogP contribution in [0.15, 0.2) is 28.8 Å². The van der Waals surface area contributed by atoms with Crippen LogP contribution in [0.25, 0.3) is 0 Å². The Hall–Kier alpha value is -1.68. The maximum atomic E-state index is 5.26.